The van der Waals surface area contributed by atoms with E-state index in [9.17, 15) is 14.7 Å². The summed E-state index contributed by atoms with van der Waals surface area (Å²) in [7, 11) is 0. The Bertz CT molecular complexity index is 907. The van der Waals surface area contributed by atoms with Gasteiger partial charge in [0.25, 0.3) is 0 Å². The molecule has 0 bridgehead atoms. The lowest BCUT2D eigenvalue weighted by atomic mass is 9.95. The number of hydrogen-bond acceptors (Lipinski definition) is 4. The molecule has 2 aromatic rings. The molecule has 2 N–H and O–H groups in total. The summed E-state index contributed by atoms with van der Waals surface area (Å²) in [4.78, 5) is 26.2. The lowest BCUT2D eigenvalue weighted by Gasteiger charge is -2.21. The molecule has 1 unspecified atom stereocenters. The molecule has 0 spiro atoms. The van der Waals surface area contributed by atoms with Crippen molar-refractivity contribution in [1.82, 2.24) is 5.32 Å². The summed E-state index contributed by atoms with van der Waals surface area (Å²) in [6.07, 6.45) is -0.425. The highest BCUT2D eigenvalue weighted by Crippen LogP contribution is 2.45. The maximum atomic E-state index is 12.8. The summed E-state index contributed by atoms with van der Waals surface area (Å²) in [6.45, 7) is 5.97. The number of phenolic OH excluding ortho intramolecular Hbond substituents is 1. The third-order valence-electron chi connectivity index (χ3n) is 4.64. The van der Waals surface area contributed by atoms with E-state index in [1.54, 1.807) is 31.7 Å². The Morgan fingerprint density at radius 3 is 2.61 bits per heavy atom. The van der Waals surface area contributed by atoms with Crippen LogP contribution in [0, 0.1) is 0 Å². The van der Waals surface area contributed by atoms with Gasteiger partial charge < -0.3 is 20.1 Å². The van der Waals surface area contributed by atoms with Crippen molar-refractivity contribution in [2.75, 3.05) is 23.9 Å². The van der Waals surface area contributed by atoms with Crippen molar-refractivity contribution in [3.05, 3.63) is 35.9 Å². The van der Waals surface area contributed by atoms with Gasteiger partial charge in [0.15, 0.2) is 0 Å². The van der Waals surface area contributed by atoms with Crippen LogP contribution in [0.5, 0.6) is 5.75 Å². The Balaban J connectivity index is 1.76. The van der Waals surface area contributed by atoms with E-state index in [0.29, 0.717) is 18.1 Å². The second-order valence-corrected chi connectivity index (χ2v) is 8.22. The Morgan fingerprint density at radius 2 is 1.96 bits per heavy atom. The van der Waals surface area contributed by atoms with E-state index in [1.807, 2.05) is 24.3 Å². The number of fused-ring (bicyclic) bond motifs is 3. The van der Waals surface area contributed by atoms with Crippen LogP contribution in [0.25, 0.3) is 10.8 Å². The lowest BCUT2D eigenvalue weighted by molar-refractivity contribution is -0.118. The SMILES string of the molecule is CC(C)(C)OC(=O)NCCC(=O)N1CC(CCl)c2c1cc(O)c1ccccc21. The molecule has 6 nitrogen and oxygen atoms in total. The molecule has 2 aromatic carbocycles. The standard InChI is InChI=1S/C21H25ClN2O4/c1-21(2,3)28-20(27)23-9-8-18(26)24-12-13(11-22)19-15-7-5-4-6-14(15)17(25)10-16(19)24/h4-7,10,13,25H,8-9,11-12H2,1-3H3,(H,23,27). The molecule has 28 heavy (non-hydrogen) atoms. The highest BCUT2D eigenvalue weighted by Gasteiger charge is 2.34. The molecule has 1 aliphatic rings. The van der Waals surface area contributed by atoms with Crippen molar-refractivity contribution >= 4 is 40.1 Å². The van der Waals surface area contributed by atoms with Crippen molar-refractivity contribution in [2.45, 2.75) is 38.7 Å². The van der Waals surface area contributed by atoms with E-state index in [-0.39, 0.29) is 30.5 Å². The predicted octanol–water partition coefficient (Wildman–Crippen LogP) is 4.13. The van der Waals surface area contributed by atoms with Gasteiger partial charge in [-0.25, -0.2) is 4.79 Å². The van der Waals surface area contributed by atoms with Gasteiger partial charge in [-0.15, -0.1) is 11.6 Å². The topological polar surface area (TPSA) is 78.9 Å². The minimum absolute atomic E-state index is 0.00932. The van der Waals surface area contributed by atoms with Gasteiger partial charge >= 0.3 is 6.09 Å². The van der Waals surface area contributed by atoms with Gasteiger partial charge in [0.05, 0.1) is 5.69 Å². The van der Waals surface area contributed by atoms with Crippen molar-refractivity contribution in [1.29, 1.82) is 0 Å². The zero-order valence-corrected chi connectivity index (χ0v) is 17.0. The largest absolute Gasteiger partial charge is 0.507 e. The second kappa shape index (κ2) is 7.87. The fourth-order valence-electron chi connectivity index (χ4n) is 3.51. The number of nitrogens with one attached hydrogen (secondary N) is 1. The van der Waals surface area contributed by atoms with Gasteiger partial charge in [0, 0.05) is 42.8 Å². The minimum atomic E-state index is -0.589. The van der Waals surface area contributed by atoms with Crippen LogP contribution < -0.4 is 10.2 Å². The van der Waals surface area contributed by atoms with Crippen molar-refractivity contribution < 1.29 is 19.4 Å². The van der Waals surface area contributed by atoms with Crippen molar-refractivity contribution in [3.63, 3.8) is 0 Å². The van der Waals surface area contributed by atoms with Crippen LogP contribution in [0.1, 0.15) is 38.7 Å². The number of benzene rings is 2. The number of ether oxygens (including phenoxy) is 1. The summed E-state index contributed by atoms with van der Waals surface area (Å²) in [5, 5.41) is 14.7. The number of alkyl halides is 1. The molecule has 0 radical (unpaired) electrons. The summed E-state index contributed by atoms with van der Waals surface area (Å²) < 4.78 is 5.17. The van der Waals surface area contributed by atoms with Gasteiger partial charge in [-0.2, -0.15) is 0 Å². The average molecular weight is 405 g/mol. The van der Waals surface area contributed by atoms with Crippen molar-refractivity contribution in [3.8, 4) is 5.75 Å². The zero-order valence-electron chi connectivity index (χ0n) is 16.3. The maximum Gasteiger partial charge on any atom is 0.407 e. The fraction of sp³-hybridized carbons (Fsp3) is 0.429. The molecule has 2 amide bonds. The number of carbonyl (C=O) groups excluding carboxylic acids is 2. The van der Waals surface area contributed by atoms with Gasteiger partial charge in [-0.05, 0) is 31.7 Å². The first-order chi connectivity index (χ1) is 13.2. The van der Waals surface area contributed by atoms with E-state index in [0.717, 1.165) is 16.3 Å². The van der Waals surface area contributed by atoms with Gasteiger partial charge in [-0.1, -0.05) is 24.3 Å². The number of halogens is 1. The average Bonchev–Trinajstić information content (AvgIpc) is 2.99. The molecule has 0 fully saturated rings. The zero-order chi connectivity index (χ0) is 20.5. The highest BCUT2D eigenvalue weighted by molar-refractivity contribution is 6.19. The Kier molecular flexibility index (Phi) is 5.70. The van der Waals surface area contributed by atoms with E-state index in [2.05, 4.69) is 5.32 Å². The lowest BCUT2D eigenvalue weighted by Crippen LogP contribution is -2.36. The molecule has 1 aliphatic heterocycles. The molecule has 1 heterocycles. The molecule has 0 aliphatic carbocycles. The first-order valence-corrected chi connectivity index (χ1v) is 9.82. The molecule has 0 aromatic heterocycles. The molecular formula is C21H25ClN2O4. The third-order valence-corrected chi connectivity index (χ3v) is 5.01. The number of alkyl carbamates (subject to hydrolysis) is 1. The normalized spacial score (nSPS) is 16.1. The van der Waals surface area contributed by atoms with Gasteiger partial charge in [0.1, 0.15) is 11.4 Å². The van der Waals surface area contributed by atoms with Gasteiger partial charge in [0.2, 0.25) is 5.91 Å². The van der Waals surface area contributed by atoms with E-state index in [1.165, 1.54) is 0 Å². The maximum absolute atomic E-state index is 12.8. The molecule has 1 atom stereocenters. The number of nitrogens with zero attached hydrogens (tertiary/aromatic N) is 1. The molecule has 7 heteroatoms. The summed E-state index contributed by atoms with van der Waals surface area (Å²) in [5.41, 5.74) is 1.08. The number of anilines is 1. The fourth-order valence-corrected chi connectivity index (χ4v) is 3.76. The first-order valence-electron chi connectivity index (χ1n) is 9.29. The smallest absolute Gasteiger partial charge is 0.407 e. The third kappa shape index (κ3) is 4.17. The van der Waals surface area contributed by atoms with Crippen LogP contribution in [0.2, 0.25) is 0 Å². The highest BCUT2D eigenvalue weighted by atomic mass is 35.5. The van der Waals surface area contributed by atoms with E-state index < -0.39 is 11.7 Å². The quantitative estimate of drug-likeness (QED) is 0.751. The minimum Gasteiger partial charge on any atom is -0.507 e. The Labute approximate surface area is 169 Å². The Morgan fingerprint density at radius 1 is 1.29 bits per heavy atom. The molecule has 150 valence electrons. The second-order valence-electron chi connectivity index (χ2n) is 7.91. The van der Waals surface area contributed by atoms with Gasteiger partial charge in [-0.3, -0.25) is 4.79 Å². The van der Waals surface area contributed by atoms with Crippen LogP contribution >= 0.6 is 11.6 Å². The number of amides is 2. The summed E-state index contributed by atoms with van der Waals surface area (Å²) >= 11 is 6.18. The number of hydrogen-bond donors (Lipinski definition) is 2. The molecule has 0 saturated heterocycles. The Hall–Kier alpha value is -2.47. The number of carbonyl (C=O) groups is 2. The van der Waals surface area contributed by atoms with Crippen LogP contribution in [-0.2, 0) is 9.53 Å². The number of phenols is 1. The summed E-state index contributed by atoms with van der Waals surface area (Å²) in [6, 6.07) is 9.19. The molecule has 0 saturated carbocycles. The van der Waals surface area contributed by atoms with Crippen LogP contribution in [0.4, 0.5) is 10.5 Å². The van der Waals surface area contributed by atoms with E-state index in [4.69, 9.17) is 16.3 Å². The van der Waals surface area contributed by atoms with E-state index >= 15 is 0 Å². The molecular weight excluding hydrogens is 380 g/mol. The number of rotatable bonds is 4. The number of aromatic hydroxyl groups is 1. The van der Waals surface area contributed by atoms with Crippen LogP contribution in [0.15, 0.2) is 30.3 Å². The van der Waals surface area contributed by atoms with Crippen LogP contribution in [-0.4, -0.2) is 41.7 Å². The first kappa shape index (κ1) is 20.3. The van der Waals surface area contributed by atoms with Crippen molar-refractivity contribution in [2.24, 2.45) is 0 Å². The predicted molar refractivity (Wildman–Crippen MR) is 110 cm³/mol. The molecule has 3 rings (SSSR count). The monoisotopic (exact) mass is 404 g/mol. The van der Waals surface area contributed by atoms with Crippen LogP contribution in [0.3, 0.4) is 0 Å². The summed E-state index contributed by atoms with van der Waals surface area (Å²) in [5.74, 6) is 0.362.